The van der Waals surface area contributed by atoms with Crippen LogP contribution in [0.4, 0.5) is 0 Å². The molecule has 0 spiro atoms. The zero-order chi connectivity index (χ0) is 25.8. The van der Waals surface area contributed by atoms with Crippen LogP contribution in [-0.2, 0) is 20.6 Å². The van der Waals surface area contributed by atoms with Crippen LogP contribution in [0, 0.1) is 0 Å². The molecule has 6 nitrogen and oxygen atoms in total. The molecule has 0 aliphatic heterocycles. The molecule has 3 rings (SSSR count). The number of benzene rings is 3. The van der Waals surface area contributed by atoms with E-state index < -0.39 is 55.5 Å². The van der Waals surface area contributed by atoms with E-state index >= 15 is 0 Å². The second-order valence-electron chi connectivity index (χ2n) is 8.10. The lowest BCUT2D eigenvalue weighted by Crippen LogP contribution is -2.53. The van der Waals surface area contributed by atoms with E-state index in [9.17, 15) is 4.80 Å². The molecule has 6 unspecified atom stereocenters. The van der Waals surface area contributed by atoms with Crippen LogP contribution in [0.25, 0.3) is 0 Å². The van der Waals surface area contributed by atoms with Crippen LogP contribution < -0.4 is 15.6 Å². The highest BCUT2D eigenvalue weighted by Crippen LogP contribution is 2.06. The molecule has 0 radical (unpaired) electrons. The average Bonchev–Trinajstić information content (AvgIpc) is 2.93. The number of hydrogen-bond acceptors (Lipinski definition) is 6. The minimum atomic E-state index is -3.10. The normalized spacial score (nSPS) is 16.3. The van der Waals surface area contributed by atoms with Crippen molar-refractivity contribution >= 4 is 71.0 Å². The van der Waals surface area contributed by atoms with Gasteiger partial charge in [-0.3, -0.25) is 0 Å². The van der Waals surface area contributed by atoms with E-state index in [4.69, 9.17) is 20.6 Å². The van der Waals surface area contributed by atoms with E-state index in [1.165, 1.54) is 0 Å². The standard InChI is InChI=1S/C24H34O6Si6/c1-5-31(3)26-33(22-16-10-7-11-17-22)28-35(24-20-14-9-15-21-24)30-36(25)29-34(27-32(4)6-2)23-18-12-8-13-19-23/h5-21,25,31-36H,1-2H2,3-4H3. The van der Waals surface area contributed by atoms with E-state index in [1.807, 2.05) is 109 Å². The Morgan fingerprint density at radius 3 is 1.17 bits per heavy atom. The highest BCUT2D eigenvalue weighted by atomic mass is 28.5. The smallest absolute Gasteiger partial charge is 0.434 e. The van der Waals surface area contributed by atoms with Crippen LogP contribution >= 0.6 is 0 Å². The number of rotatable bonds is 15. The second kappa shape index (κ2) is 15.5. The van der Waals surface area contributed by atoms with Gasteiger partial charge in [-0.25, -0.2) is 0 Å². The van der Waals surface area contributed by atoms with E-state index in [2.05, 4.69) is 19.7 Å². The average molecular weight is 587 g/mol. The van der Waals surface area contributed by atoms with Crippen molar-refractivity contribution < 1.29 is 25.4 Å². The van der Waals surface area contributed by atoms with Gasteiger partial charge in [-0.05, 0) is 28.7 Å². The Balaban J connectivity index is 1.82. The molecule has 3 aromatic rings. The lowest BCUT2D eigenvalue weighted by Gasteiger charge is -2.28. The van der Waals surface area contributed by atoms with Crippen molar-refractivity contribution in [2.75, 3.05) is 0 Å². The van der Waals surface area contributed by atoms with Crippen molar-refractivity contribution in [2.24, 2.45) is 0 Å². The van der Waals surface area contributed by atoms with Gasteiger partial charge in [0.2, 0.25) is 0 Å². The van der Waals surface area contributed by atoms with Crippen LogP contribution in [0.1, 0.15) is 0 Å². The van der Waals surface area contributed by atoms with Crippen molar-refractivity contribution in [1.82, 2.24) is 0 Å². The zero-order valence-electron chi connectivity index (χ0n) is 20.7. The maximum absolute atomic E-state index is 11.1. The third-order valence-electron chi connectivity index (χ3n) is 5.28. The van der Waals surface area contributed by atoms with Gasteiger partial charge in [0.15, 0.2) is 18.1 Å². The Hall–Kier alpha value is -1.80. The molecule has 0 aliphatic carbocycles. The molecule has 1 N–H and O–H groups in total. The first kappa shape index (κ1) is 28.8. The molecule has 12 heteroatoms. The first-order valence-corrected chi connectivity index (χ1v) is 22.5. The van der Waals surface area contributed by atoms with E-state index in [0.29, 0.717) is 0 Å². The van der Waals surface area contributed by atoms with Crippen LogP contribution in [0.15, 0.2) is 116 Å². The lowest BCUT2D eigenvalue weighted by atomic mass is 10.4. The largest absolute Gasteiger partial charge is 0.463 e. The summed E-state index contributed by atoms with van der Waals surface area (Å²) in [7, 11) is -13.6. The van der Waals surface area contributed by atoms with Gasteiger partial charge in [0.1, 0.15) is 0 Å². The van der Waals surface area contributed by atoms with Crippen molar-refractivity contribution in [2.45, 2.75) is 13.1 Å². The molecule has 0 bridgehead atoms. The summed E-state index contributed by atoms with van der Waals surface area (Å²) in [5.74, 6) is 0. The summed E-state index contributed by atoms with van der Waals surface area (Å²) >= 11 is 0. The van der Waals surface area contributed by atoms with Crippen LogP contribution in [0.3, 0.4) is 0 Å². The Kier molecular flexibility index (Phi) is 12.3. The molecule has 0 saturated carbocycles. The topological polar surface area (TPSA) is 66.4 Å². The minimum absolute atomic E-state index is 0.922. The Morgan fingerprint density at radius 1 is 0.528 bits per heavy atom. The van der Waals surface area contributed by atoms with E-state index in [1.54, 1.807) is 0 Å². The molecule has 0 saturated heterocycles. The molecule has 0 heterocycles. The quantitative estimate of drug-likeness (QED) is 0.259. The molecular weight excluding hydrogens is 553 g/mol. The third kappa shape index (κ3) is 9.25. The summed E-state index contributed by atoms with van der Waals surface area (Å²) in [6.45, 7) is 11.9. The Labute approximate surface area is 224 Å². The minimum Gasteiger partial charge on any atom is -0.434 e. The zero-order valence-corrected chi connectivity index (χ0v) is 27.6. The maximum Gasteiger partial charge on any atom is 0.463 e. The monoisotopic (exact) mass is 586 g/mol. The first-order chi connectivity index (χ1) is 17.5. The predicted octanol–water partition coefficient (Wildman–Crippen LogP) is 0.320. The first-order valence-electron chi connectivity index (χ1n) is 11.9. The van der Waals surface area contributed by atoms with Crippen molar-refractivity contribution in [3.05, 3.63) is 116 Å². The van der Waals surface area contributed by atoms with Gasteiger partial charge >= 0.3 is 37.4 Å². The highest BCUT2D eigenvalue weighted by molar-refractivity contribution is 6.81. The molecule has 0 fully saturated rings. The van der Waals surface area contributed by atoms with Gasteiger partial charge in [-0.2, -0.15) is 0 Å². The molecule has 3 aromatic carbocycles. The second-order valence-corrected chi connectivity index (χ2v) is 21.9. The molecule has 190 valence electrons. The fourth-order valence-corrected chi connectivity index (χ4v) is 18.6. The fourth-order valence-electron chi connectivity index (χ4n) is 3.25. The summed E-state index contributed by atoms with van der Waals surface area (Å²) in [6.07, 6.45) is 0. The van der Waals surface area contributed by atoms with Gasteiger partial charge < -0.3 is 25.4 Å². The van der Waals surface area contributed by atoms with E-state index in [0.717, 1.165) is 15.6 Å². The molecule has 36 heavy (non-hydrogen) atoms. The lowest BCUT2D eigenvalue weighted by molar-refractivity contribution is 0.262. The summed E-state index contributed by atoms with van der Waals surface area (Å²) < 4.78 is 31.7. The van der Waals surface area contributed by atoms with Gasteiger partial charge in [0.25, 0.3) is 0 Å². The van der Waals surface area contributed by atoms with Crippen LogP contribution in [0.5, 0.6) is 0 Å². The maximum atomic E-state index is 11.1. The third-order valence-corrected chi connectivity index (χ3v) is 20.6. The van der Waals surface area contributed by atoms with Gasteiger partial charge in [0, 0.05) is 0 Å². The van der Waals surface area contributed by atoms with Gasteiger partial charge in [-0.15, -0.1) is 13.2 Å². The fraction of sp³-hybridized carbons (Fsp3) is 0.0833. The van der Waals surface area contributed by atoms with Gasteiger partial charge in [-0.1, -0.05) is 102 Å². The van der Waals surface area contributed by atoms with Crippen molar-refractivity contribution in [1.29, 1.82) is 0 Å². The predicted molar refractivity (Wildman–Crippen MR) is 161 cm³/mol. The summed E-state index contributed by atoms with van der Waals surface area (Å²) in [6, 6.07) is 29.5. The Morgan fingerprint density at radius 2 is 0.833 bits per heavy atom. The van der Waals surface area contributed by atoms with Crippen molar-refractivity contribution in [3.8, 4) is 0 Å². The van der Waals surface area contributed by atoms with E-state index in [-0.39, 0.29) is 0 Å². The number of hydrogen-bond donors (Lipinski definition) is 1. The summed E-state index contributed by atoms with van der Waals surface area (Å²) in [5, 5.41) is 2.90. The molecular formula is C24H34O6Si6. The van der Waals surface area contributed by atoms with Crippen LogP contribution in [-0.4, -0.2) is 60.3 Å². The molecule has 0 aliphatic rings. The highest BCUT2D eigenvalue weighted by Gasteiger charge is 2.32. The summed E-state index contributed by atoms with van der Waals surface area (Å²) in [5.41, 5.74) is 3.74. The molecule has 0 amide bonds. The molecule has 6 atom stereocenters. The Bertz CT molecular complexity index is 1050. The SMILES string of the molecule is C=C[SiH](C)O[SiH](O[SiH](O)O[SiH](O[SiH](O[SiH](C)C=C)c1ccccc1)c1ccccc1)c1ccccc1. The molecule has 0 aromatic heterocycles. The van der Waals surface area contributed by atoms with Gasteiger partial charge in [0.05, 0.1) is 0 Å². The van der Waals surface area contributed by atoms with Crippen LogP contribution in [0.2, 0.25) is 13.1 Å². The summed E-state index contributed by atoms with van der Waals surface area (Å²) in [4.78, 5) is 11.1. The van der Waals surface area contributed by atoms with Crippen molar-refractivity contribution in [3.63, 3.8) is 0 Å².